The highest BCUT2D eigenvalue weighted by Gasteiger charge is 2.31. The van der Waals surface area contributed by atoms with Crippen LogP contribution in [0.1, 0.15) is 27.7 Å². The highest BCUT2D eigenvalue weighted by Crippen LogP contribution is 2.31. The van der Waals surface area contributed by atoms with Gasteiger partial charge in [-0.05, 0) is 36.4 Å². The number of carbonyl (C=O) groups is 1. The molecule has 1 aliphatic heterocycles. The van der Waals surface area contributed by atoms with Gasteiger partial charge < -0.3 is 9.64 Å². The van der Waals surface area contributed by atoms with Crippen LogP contribution in [0.25, 0.3) is 17.0 Å². The predicted molar refractivity (Wildman–Crippen MR) is 114 cm³/mol. The number of hydrogen-bond donors (Lipinski definition) is 0. The van der Waals surface area contributed by atoms with Crippen molar-refractivity contribution in [3.05, 3.63) is 89.9 Å². The smallest absolute Gasteiger partial charge is 0.368 e. The van der Waals surface area contributed by atoms with Gasteiger partial charge in [0.2, 0.25) is 0 Å². The highest BCUT2D eigenvalue weighted by atomic mass is 19.4. The molecule has 1 fully saturated rings. The van der Waals surface area contributed by atoms with Gasteiger partial charge in [0.25, 0.3) is 5.91 Å². The zero-order valence-electron chi connectivity index (χ0n) is 17.4. The van der Waals surface area contributed by atoms with Crippen LogP contribution < -0.4 is 0 Å². The molecule has 3 aromatic heterocycles. The van der Waals surface area contributed by atoms with Crippen molar-refractivity contribution in [3.8, 4) is 11.4 Å². The summed E-state index contributed by atoms with van der Waals surface area (Å²) in [5, 5.41) is 0. The largest absolute Gasteiger partial charge is 0.417 e. The van der Waals surface area contributed by atoms with Crippen LogP contribution in [0.3, 0.4) is 0 Å². The Bertz CT molecular complexity index is 1300. The molecule has 6 nitrogen and oxygen atoms in total. The van der Waals surface area contributed by atoms with Crippen molar-refractivity contribution in [2.45, 2.75) is 12.3 Å². The number of morpholine rings is 1. The predicted octanol–water partition coefficient (Wildman–Crippen LogP) is 4.63. The molecule has 0 spiro atoms. The summed E-state index contributed by atoms with van der Waals surface area (Å²) in [6, 6.07) is 16.6. The fraction of sp³-hybridized carbons (Fsp3) is 0.208. The van der Waals surface area contributed by atoms with Crippen LogP contribution in [-0.4, -0.2) is 44.9 Å². The van der Waals surface area contributed by atoms with Crippen molar-refractivity contribution in [2.75, 3.05) is 19.7 Å². The van der Waals surface area contributed by atoms with E-state index in [4.69, 9.17) is 4.74 Å². The van der Waals surface area contributed by atoms with Gasteiger partial charge >= 0.3 is 6.18 Å². The number of fused-ring (bicyclic) bond motifs is 1. The number of amides is 1. The molecule has 1 atom stereocenters. The van der Waals surface area contributed by atoms with Crippen molar-refractivity contribution in [2.24, 2.45) is 0 Å². The topological polar surface area (TPSA) is 59.7 Å². The van der Waals surface area contributed by atoms with Gasteiger partial charge in [-0.25, -0.2) is 9.97 Å². The van der Waals surface area contributed by atoms with Gasteiger partial charge in [0.15, 0.2) is 0 Å². The van der Waals surface area contributed by atoms with E-state index in [2.05, 4.69) is 9.97 Å². The van der Waals surface area contributed by atoms with E-state index in [0.717, 1.165) is 12.3 Å². The van der Waals surface area contributed by atoms with E-state index in [9.17, 15) is 18.0 Å². The molecule has 0 aliphatic carbocycles. The molecule has 1 aliphatic rings. The Hall–Kier alpha value is -3.72. The molecule has 33 heavy (non-hydrogen) atoms. The SMILES string of the molecule is O=C(c1ccccc1)N1CCO[C@H](c2cccc(-c3cnc4ccc(C(F)(F)F)cn34)n2)C1. The molecule has 1 amide bonds. The van der Waals surface area contributed by atoms with Crippen LogP contribution in [-0.2, 0) is 10.9 Å². The van der Waals surface area contributed by atoms with E-state index in [1.807, 2.05) is 18.2 Å². The third-order valence-electron chi connectivity index (χ3n) is 5.57. The zero-order valence-corrected chi connectivity index (χ0v) is 17.4. The number of imidazole rings is 1. The molecule has 0 bridgehead atoms. The van der Waals surface area contributed by atoms with E-state index >= 15 is 0 Å². The van der Waals surface area contributed by atoms with Gasteiger partial charge in [-0.15, -0.1) is 0 Å². The molecule has 0 unspecified atom stereocenters. The van der Waals surface area contributed by atoms with E-state index in [-0.39, 0.29) is 5.91 Å². The van der Waals surface area contributed by atoms with Crippen molar-refractivity contribution in [3.63, 3.8) is 0 Å². The Morgan fingerprint density at radius 1 is 1.03 bits per heavy atom. The van der Waals surface area contributed by atoms with Crippen molar-refractivity contribution >= 4 is 11.6 Å². The van der Waals surface area contributed by atoms with Crippen molar-refractivity contribution in [1.82, 2.24) is 19.3 Å². The average Bonchev–Trinajstić information content (AvgIpc) is 3.27. The minimum atomic E-state index is -4.46. The Morgan fingerprint density at radius 2 is 1.85 bits per heavy atom. The van der Waals surface area contributed by atoms with Crippen molar-refractivity contribution in [1.29, 1.82) is 0 Å². The van der Waals surface area contributed by atoms with Crippen LogP contribution >= 0.6 is 0 Å². The molecule has 0 N–H and O–H groups in total. The number of nitrogens with zero attached hydrogens (tertiary/aromatic N) is 4. The average molecular weight is 452 g/mol. The van der Waals surface area contributed by atoms with Crippen LogP contribution in [0.4, 0.5) is 13.2 Å². The summed E-state index contributed by atoms with van der Waals surface area (Å²) in [6.45, 7) is 1.16. The van der Waals surface area contributed by atoms with Gasteiger partial charge in [-0.2, -0.15) is 13.2 Å². The van der Waals surface area contributed by atoms with Gasteiger partial charge in [0.05, 0.1) is 42.0 Å². The number of alkyl halides is 3. The maximum atomic E-state index is 13.2. The Morgan fingerprint density at radius 3 is 2.64 bits per heavy atom. The summed E-state index contributed by atoms with van der Waals surface area (Å²) in [6.07, 6.45) is -2.40. The normalized spacial score (nSPS) is 16.8. The zero-order chi connectivity index (χ0) is 23.0. The number of pyridine rings is 2. The lowest BCUT2D eigenvalue weighted by Crippen LogP contribution is -2.42. The first-order valence-electron chi connectivity index (χ1n) is 10.4. The maximum Gasteiger partial charge on any atom is 0.417 e. The molecular formula is C24H19F3N4O2. The van der Waals surface area contributed by atoms with E-state index in [1.54, 1.807) is 35.2 Å². The Labute approximate surface area is 187 Å². The molecule has 9 heteroatoms. The van der Waals surface area contributed by atoms with Gasteiger partial charge in [-0.3, -0.25) is 9.20 Å². The summed E-state index contributed by atoms with van der Waals surface area (Å²) in [5.74, 6) is -0.0819. The second-order valence-electron chi connectivity index (χ2n) is 7.71. The monoisotopic (exact) mass is 452 g/mol. The molecular weight excluding hydrogens is 433 g/mol. The summed E-state index contributed by atoms with van der Waals surface area (Å²) < 4.78 is 46.8. The Kier molecular flexibility index (Phi) is 5.33. The second kappa shape index (κ2) is 8.32. The first-order valence-corrected chi connectivity index (χ1v) is 10.4. The number of hydrogen-bond acceptors (Lipinski definition) is 4. The van der Waals surface area contributed by atoms with Crippen molar-refractivity contribution < 1.29 is 22.7 Å². The molecule has 1 aromatic carbocycles. The molecule has 0 radical (unpaired) electrons. The van der Waals surface area contributed by atoms with E-state index in [0.29, 0.717) is 48.0 Å². The summed E-state index contributed by atoms with van der Waals surface area (Å²) >= 11 is 0. The number of ether oxygens (including phenoxy) is 1. The standard InChI is InChI=1S/C24H19F3N4O2/c25-24(26,27)17-9-10-22-28-13-20(31(22)14-17)18-7-4-8-19(29-18)21-15-30(11-12-33-21)23(32)16-5-2-1-3-6-16/h1-10,13-14,21H,11-12,15H2/t21-/m0/s1. The number of benzene rings is 1. The summed E-state index contributed by atoms with van der Waals surface area (Å²) in [5.41, 5.74) is 1.72. The molecule has 1 saturated heterocycles. The lowest BCUT2D eigenvalue weighted by atomic mass is 10.1. The number of carbonyl (C=O) groups excluding carboxylic acids is 1. The van der Waals surface area contributed by atoms with E-state index < -0.39 is 17.8 Å². The number of aromatic nitrogens is 3. The van der Waals surface area contributed by atoms with Gasteiger partial charge in [0.1, 0.15) is 11.8 Å². The quantitative estimate of drug-likeness (QED) is 0.455. The first-order chi connectivity index (χ1) is 15.9. The second-order valence-corrected chi connectivity index (χ2v) is 7.71. The number of halogens is 3. The third-order valence-corrected chi connectivity index (χ3v) is 5.57. The minimum Gasteiger partial charge on any atom is -0.368 e. The van der Waals surface area contributed by atoms with Crippen LogP contribution in [0.15, 0.2) is 73.1 Å². The van der Waals surface area contributed by atoms with Gasteiger partial charge in [0, 0.05) is 18.3 Å². The van der Waals surface area contributed by atoms with Gasteiger partial charge in [-0.1, -0.05) is 24.3 Å². The lowest BCUT2D eigenvalue weighted by Gasteiger charge is -2.32. The molecule has 0 saturated carbocycles. The third kappa shape index (κ3) is 4.19. The van der Waals surface area contributed by atoms with Crippen LogP contribution in [0, 0.1) is 0 Å². The van der Waals surface area contributed by atoms with Crippen LogP contribution in [0.2, 0.25) is 0 Å². The maximum absolute atomic E-state index is 13.2. The van der Waals surface area contributed by atoms with Crippen LogP contribution in [0.5, 0.6) is 0 Å². The molecule has 4 heterocycles. The summed E-state index contributed by atoms with van der Waals surface area (Å²) in [4.78, 5) is 23.4. The summed E-state index contributed by atoms with van der Waals surface area (Å²) in [7, 11) is 0. The fourth-order valence-electron chi connectivity index (χ4n) is 3.89. The highest BCUT2D eigenvalue weighted by molar-refractivity contribution is 5.94. The molecule has 4 aromatic rings. The minimum absolute atomic E-state index is 0.0819. The first kappa shape index (κ1) is 21.1. The molecule has 168 valence electrons. The lowest BCUT2D eigenvalue weighted by molar-refractivity contribution is -0.137. The Balaban J connectivity index is 1.43. The number of rotatable bonds is 3. The molecule has 5 rings (SSSR count). The fourth-order valence-corrected chi connectivity index (χ4v) is 3.89. The van der Waals surface area contributed by atoms with E-state index in [1.165, 1.54) is 16.7 Å².